The van der Waals surface area contributed by atoms with Crippen LogP contribution in [0, 0.1) is 4.64 Å². The molecule has 0 aliphatic carbocycles. The van der Waals surface area contributed by atoms with Gasteiger partial charge in [0.05, 0.1) is 11.3 Å². The molecule has 0 unspecified atom stereocenters. The number of H-pyrrole nitrogens is 1. The molecule has 2 aromatic rings. The molecule has 1 fully saturated rings. The maximum absolute atomic E-state index is 12.6. The lowest BCUT2D eigenvalue weighted by atomic mass is 10.1. The van der Waals surface area contributed by atoms with Gasteiger partial charge in [0.15, 0.2) is 0 Å². The van der Waals surface area contributed by atoms with E-state index < -0.39 is 5.91 Å². The van der Waals surface area contributed by atoms with E-state index in [2.05, 4.69) is 22.2 Å². The zero-order chi connectivity index (χ0) is 18.7. The largest absolute Gasteiger partial charge is 0.365 e. The van der Waals surface area contributed by atoms with Crippen LogP contribution in [0.25, 0.3) is 0 Å². The molecule has 4 N–H and O–H groups in total. The number of benzene rings is 1. The van der Waals surface area contributed by atoms with Gasteiger partial charge in [-0.05, 0) is 37.4 Å². The monoisotopic (exact) mass is 371 g/mol. The summed E-state index contributed by atoms with van der Waals surface area (Å²) in [5.74, 6) is -0.523. The van der Waals surface area contributed by atoms with Crippen molar-refractivity contribution in [1.82, 2.24) is 14.8 Å². The number of anilines is 2. The highest BCUT2D eigenvalue weighted by Crippen LogP contribution is 2.21. The lowest BCUT2D eigenvalue weighted by molar-refractivity contribution is 0.0664. The number of hydrogen-bond acceptors (Lipinski definition) is 5. The number of hydrogen-bond donors (Lipinski definition) is 3. The predicted octanol–water partition coefficient (Wildman–Crippen LogP) is 1.97. The van der Waals surface area contributed by atoms with Gasteiger partial charge in [-0.3, -0.25) is 9.59 Å². The van der Waals surface area contributed by atoms with Gasteiger partial charge in [-0.2, -0.15) is 0 Å². The van der Waals surface area contributed by atoms with E-state index in [0.717, 1.165) is 31.9 Å². The molecule has 8 heteroatoms. The minimum absolute atomic E-state index is 0.0321. The number of nitrogens with two attached hydrogens (primary N) is 1. The van der Waals surface area contributed by atoms with Crippen LogP contribution in [0.1, 0.15) is 20.7 Å². The first kappa shape index (κ1) is 18.1. The van der Waals surface area contributed by atoms with Crippen molar-refractivity contribution in [2.24, 2.45) is 5.73 Å². The van der Waals surface area contributed by atoms with Gasteiger partial charge in [0, 0.05) is 43.6 Å². The van der Waals surface area contributed by atoms with E-state index in [0.29, 0.717) is 21.5 Å². The Kier molecular flexibility index (Phi) is 5.34. The lowest BCUT2D eigenvalue weighted by Gasteiger charge is -2.32. The Morgan fingerprint density at radius 2 is 1.81 bits per heavy atom. The topological polar surface area (TPSA) is 94.5 Å². The molecule has 0 spiro atoms. The zero-order valence-electron chi connectivity index (χ0n) is 14.5. The first-order chi connectivity index (χ1) is 12.4. The molecule has 0 bridgehead atoms. The molecule has 3 rings (SSSR count). The highest BCUT2D eigenvalue weighted by molar-refractivity contribution is 7.71. The number of aromatic nitrogens is 1. The second-order valence-electron chi connectivity index (χ2n) is 6.29. The highest BCUT2D eigenvalue weighted by atomic mass is 32.1. The zero-order valence-corrected chi connectivity index (χ0v) is 15.3. The van der Waals surface area contributed by atoms with E-state index in [4.69, 9.17) is 18.0 Å². The summed E-state index contributed by atoms with van der Waals surface area (Å²) < 4.78 is 0.486. The number of carbonyl (C=O) groups is 2. The van der Waals surface area contributed by atoms with Crippen molar-refractivity contribution in [3.63, 3.8) is 0 Å². The van der Waals surface area contributed by atoms with Gasteiger partial charge in [-0.25, -0.2) is 0 Å². The number of piperazine rings is 1. The van der Waals surface area contributed by atoms with Crippen molar-refractivity contribution in [3.05, 3.63) is 52.3 Å². The van der Waals surface area contributed by atoms with E-state index in [1.165, 1.54) is 6.20 Å². The minimum atomic E-state index is -0.555. The van der Waals surface area contributed by atoms with Crippen molar-refractivity contribution in [2.45, 2.75) is 0 Å². The third kappa shape index (κ3) is 4.09. The standard InChI is InChI=1S/C18H21N5O2S/c1-22-6-8-23(9-7-22)18(25)12-2-4-13(5-3-12)21-15-10-16(26)20-11-14(15)17(19)24/h2-5,10-11H,6-9H2,1H3,(H2,19,24)(H2,20,21,26). The summed E-state index contributed by atoms with van der Waals surface area (Å²) >= 11 is 5.10. The molecule has 1 saturated heterocycles. The van der Waals surface area contributed by atoms with Crippen molar-refractivity contribution in [1.29, 1.82) is 0 Å². The maximum Gasteiger partial charge on any atom is 0.253 e. The second-order valence-corrected chi connectivity index (χ2v) is 6.73. The van der Waals surface area contributed by atoms with Crippen LogP contribution in [0.4, 0.5) is 11.4 Å². The van der Waals surface area contributed by atoms with Crippen LogP contribution >= 0.6 is 12.2 Å². The molecule has 26 heavy (non-hydrogen) atoms. The number of carbonyl (C=O) groups excluding carboxylic acids is 2. The number of rotatable bonds is 4. The second kappa shape index (κ2) is 7.67. The summed E-state index contributed by atoms with van der Waals surface area (Å²) in [6, 6.07) is 8.79. The van der Waals surface area contributed by atoms with Gasteiger partial charge in [0.2, 0.25) is 0 Å². The maximum atomic E-state index is 12.6. The van der Waals surface area contributed by atoms with Crippen LogP contribution in [-0.2, 0) is 0 Å². The predicted molar refractivity (Wildman–Crippen MR) is 103 cm³/mol. The SMILES string of the molecule is CN1CCN(C(=O)c2ccc(Nc3cc(=S)[nH]cc3C(N)=O)cc2)CC1. The molecule has 1 aromatic heterocycles. The quantitative estimate of drug-likeness (QED) is 0.715. The van der Waals surface area contributed by atoms with Crippen LogP contribution in [0.2, 0.25) is 0 Å². The van der Waals surface area contributed by atoms with Crippen molar-refractivity contribution in [3.8, 4) is 0 Å². The minimum Gasteiger partial charge on any atom is -0.365 e. The van der Waals surface area contributed by atoms with Crippen LogP contribution in [0.5, 0.6) is 0 Å². The molecule has 0 radical (unpaired) electrons. The van der Waals surface area contributed by atoms with E-state index in [-0.39, 0.29) is 5.91 Å². The lowest BCUT2D eigenvalue weighted by Crippen LogP contribution is -2.47. The first-order valence-electron chi connectivity index (χ1n) is 8.31. The van der Waals surface area contributed by atoms with Gasteiger partial charge in [0.25, 0.3) is 11.8 Å². The average Bonchev–Trinajstić information content (AvgIpc) is 2.62. The fourth-order valence-corrected chi connectivity index (χ4v) is 3.00. The van der Waals surface area contributed by atoms with E-state index in [9.17, 15) is 9.59 Å². The number of pyridine rings is 1. The number of likely N-dealkylation sites (N-methyl/N-ethyl adjacent to an activating group) is 1. The van der Waals surface area contributed by atoms with Gasteiger partial charge in [-0.15, -0.1) is 0 Å². The van der Waals surface area contributed by atoms with Crippen LogP contribution in [0.15, 0.2) is 36.5 Å². The summed E-state index contributed by atoms with van der Waals surface area (Å²) in [4.78, 5) is 31.0. The van der Waals surface area contributed by atoms with Gasteiger partial charge < -0.3 is 25.8 Å². The van der Waals surface area contributed by atoms with Crippen molar-refractivity contribution in [2.75, 3.05) is 38.5 Å². The molecule has 2 amide bonds. The summed E-state index contributed by atoms with van der Waals surface area (Å²) in [5, 5.41) is 3.13. The number of nitrogens with zero attached hydrogens (tertiary/aromatic N) is 2. The molecule has 2 heterocycles. The molecular formula is C18H21N5O2S. The molecule has 136 valence electrons. The highest BCUT2D eigenvalue weighted by Gasteiger charge is 2.20. The molecular weight excluding hydrogens is 350 g/mol. The Morgan fingerprint density at radius 1 is 1.15 bits per heavy atom. The summed E-state index contributed by atoms with van der Waals surface area (Å²) in [6.45, 7) is 3.24. The van der Waals surface area contributed by atoms with Gasteiger partial charge in [-0.1, -0.05) is 12.2 Å². The fraction of sp³-hybridized carbons (Fsp3) is 0.278. The summed E-state index contributed by atoms with van der Waals surface area (Å²) in [6.07, 6.45) is 1.48. The number of nitrogens with one attached hydrogen (secondary N) is 2. The summed E-state index contributed by atoms with van der Waals surface area (Å²) in [5.41, 5.74) is 7.61. The van der Waals surface area contributed by atoms with Crippen LogP contribution in [0.3, 0.4) is 0 Å². The molecule has 0 saturated carbocycles. The number of aromatic amines is 1. The Labute approximate surface area is 156 Å². The fourth-order valence-electron chi connectivity index (χ4n) is 2.82. The molecule has 1 aromatic carbocycles. The molecule has 1 aliphatic rings. The third-order valence-electron chi connectivity index (χ3n) is 4.39. The molecule has 7 nitrogen and oxygen atoms in total. The van der Waals surface area contributed by atoms with E-state index >= 15 is 0 Å². The first-order valence-corrected chi connectivity index (χ1v) is 8.72. The van der Waals surface area contributed by atoms with Crippen LogP contribution < -0.4 is 11.1 Å². The van der Waals surface area contributed by atoms with Crippen molar-refractivity contribution >= 4 is 35.4 Å². The Bertz CT molecular complexity index is 870. The Balaban J connectivity index is 1.74. The number of primary amides is 1. The smallest absolute Gasteiger partial charge is 0.253 e. The summed E-state index contributed by atoms with van der Waals surface area (Å²) in [7, 11) is 2.05. The number of amides is 2. The van der Waals surface area contributed by atoms with Gasteiger partial charge in [0.1, 0.15) is 4.64 Å². The van der Waals surface area contributed by atoms with Crippen molar-refractivity contribution < 1.29 is 9.59 Å². The third-order valence-corrected chi connectivity index (χ3v) is 4.63. The van der Waals surface area contributed by atoms with Gasteiger partial charge >= 0.3 is 0 Å². The normalized spacial score (nSPS) is 14.9. The molecule has 1 aliphatic heterocycles. The Morgan fingerprint density at radius 3 is 2.42 bits per heavy atom. The Hall–Kier alpha value is -2.71. The molecule has 0 atom stereocenters. The average molecular weight is 371 g/mol. The van der Waals surface area contributed by atoms with E-state index in [1.807, 2.05) is 4.90 Å². The van der Waals surface area contributed by atoms with Crippen LogP contribution in [-0.4, -0.2) is 59.8 Å². The van der Waals surface area contributed by atoms with E-state index in [1.54, 1.807) is 30.3 Å².